The van der Waals surface area contributed by atoms with Crippen LogP contribution in [0.3, 0.4) is 0 Å². The van der Waals surface area contributed by atoms with Gasteiger partial charge in [-0.3, -0.25) is 15.1 Å². The number of nitro benzene ring substituents is 1. The highest BCUT2D eigenvalue weighted by Gasteiger charge is 2.33. The summed E-state index contributed by atoms with van der Waals surface area (Å²) in [4.78, 5) is 39.7. The van der Waals surface area contributed by atoms with E-state index in [1.807, 2.05) is 0 Å². The molecule has 0 unspecified atom stereocenters. The fourth-order valence-electron chi connectivity index (χ4n) is 2.91. The molecular weight excluding hydrogens is 356 g/mol. The van der Waals surface area contributed by atoms with Crippen molar-refractivity contribution in [3.63, 3.8) is 0 Å². The van der Waals surface area contributed by atoms with Gasteiger partial charge in [-0.05, 0) is 12.5 Å². The average Bonchev–Trinajstić information content (AvgIpc) is 3.01. The van der Waals surface area contributed by atoms with Gasteiger partial charge in [0.1, 0.15) is 6.61 Å². The highest BCUT2D eigenvalue weighted by Crippen LogP contribution is 2.36. The number of fused-ring (bicyclic) bond motifs is 1. The maximum atomic E-state index is 12.6. The van der Waals surface area contributed by atoms with E-state index in [0.717, 1.165) is 0 Å². The zero-order valence-electron chi connectivity index (χ0n) is 14.4. The van der Waals surface area contributed by atoms with Crippen LogP contribution >= 0.6 is 0 Å². The van der Waals surface area contributed by atoms with Crippen LogP contribution in [-0.4, -0.2) is 40.2 Å². The third-order valence-corrected chi connectivity index (χ3v) is 4.08. The van der Waals surface area contributed by atoms with Gasteiger partial charge in [0.2, 0.25) is 0 Å². The Morgan fingerprint density at radius 1 is 1.41 bits per heavy atom. The first-order valence-corrected chi connectivity index (χ1v) is 8.17. The fourth-order valence-corrected chi connectivity index (χ4v) is 2.91. The summed E-state index contributed by atoms with van der Waals surface area (Å²) in [5, 5.41) is 20.0. The number of aryl methyl sites for hydroxylation is 1. The number of rotatable bonds is 6. The molecule has 3 rings (SSSR count). The number of cyclic esters (lactones) is 1. The van der Waals surface area contributed by atoms with E-state index in [-0.39, 0.29) is 48.6 Å². The van der Waals surface area contributed by atoms with Crippen LogP contribution in [0, 0.1) is 17.0 Å². The SMILES string of the molecule is Cc1nc2c(c(-c3cccc([N+](=O)[O-])c3)c1C(=O)OCCCO)C(=O)OC2. The molecule has 9 nitrogen and oxygen atoms in total. The molecule has 2 heterocycles. The molecule has 0 bridgehead atoms. The number of nitro groups is 1. The van der Waals surface area contributed by atoms with Crippen molar-refractivity contribution in [3.8, 4) is 11.1 Å². The zero-order chi connectivity index (χ0) is 19.6. The van der Waals surface area contributed by atoms with Gasteiger partial charge in [0.25, 0.3) is 5.69 Å². The normalized spacial score (nSPS) is 12.4. The highest BCUT2D eigenvalue weighted by molar-refractivity contribution is 6.08. The Kier molecular flexibility index (Phi) is 5.13. The second kappa shape index (κ2) is 7.50. The summed E-state index contributed by atoms with van der Waals surface area (Å²) in [6, 6.07) is 5.63. The molecule has 0 amide bonds. The van der Waals surface area contributed by atoms with E-state index in [9.17, 15) is 19.7 Å². The summed E-state index contributed by atoms with van der Waals surface area (Å²) >= 11 is 0. The Morgan fingerprint density at radius 3 is 2.89 bits per heavy atom. The number of nitrogens with zero attached hydrogens (tertiary/aromatic N) is 2. The Labute approximate surface area is 153 Å². The third-order valence-electron chi connectivity index (χ3n) is 4.08. The molecule has 1 N–H and O–H groups in total. The standard InChI is InChI=1S/C18H16N2O7/c1-10-14(17(22)26-7-3-6-21)15(16-13(19-10)9-27-18(16)23)11-4-2-5-12(8-11)20(24)25/h2,4-5,8,21H,3,6-7,9H2,1H3. The minimum Gasteiger partial charge on any atom is -0.462 e. The number of benzene rings is 1. The number of carbonyl (C=O) groups excluding carboxylic acids is 2. The fraction of sp³-hybridized carbons (Fsp3) is 0.278. The number of aliphatic hydroxyl groups is 1. The molecule has 0 spiro atoms. The van der Waals surface area contributed by atoms with Gasteiger partial charge in [0, 0.05) is 30.7 Å². The summed E-state index contributed by atoms with van der Waals surface area (Å²) in [7, 11) is 0. The third kappa shape index (κ3) is 3.49. The van der Waals surface area contributed by atoms with Crippen molar-refractivity contribution in [2.75, 3.05) is 13.2 Å². The average molecular weight is 372 g/mol. The molecule has 2 aromatic rings. The largest absolute Gasteiger partial charge is 0.462 e. The molecule has 140 valence electrons. The van der Waals surface area contributed by atoms with Gasteiger partial charge in [-0.1, -0.05) is 12.1 Å². The van der Waals surface area contributed by atoms with Gasteiger partial charge in [0.15, 0.2) is 0 Å². The monoisotopic (exact) mass is 372 g/mol. The summed E-state index contributed by atoms with van der Waals surface area (Å²) < 4.78 is 10.2. The lowest BCUT2D eigenvalue weighted by molar-refractivity contribution is -0.384. The Bertz CT molecular complexity index is 940. The van der Waals surface area contributed by atoms with Crippen LogP contribution in [0.2, 0.25) is 0 Å². The predicted octanol–water partition coefficient (Wildman–Crippen LogP) is 2.17. The van der Waals surface area contributed by atoms with Crippen LogP contribution in [0.1, 0.15) is 38.5 Å². The Hall–Kier alpha value is -3.33. The molecule has 1 aliphatic rings. The van der Waals surface area contributed by atoms with E-state index >= 15 is 0 Å². The molecule has 1 aromatic carbocycles. The van der Waals surface area contributed by atoms with Gasteiger partial charge in [-0.25, -0.2) is 9.59 Å². The number of hydrogen-bond acceptors (Lipinski definition) is 8. The minimum absolute atomic E-state index is 0.00924. The van der Waals surface area contributed by atoms with Gasteiger partial charge in [-0.15, -0.1) is 0 Å². The summed E-state index contributed by atoms with van der Waals surface area (Å²) in [6.45, 7) is 1.41. The first kappa shape index (κ1) is 18.5. The van der Waals surface area contributed by atoms with Crippen molar-refractivity contribution >= 4 is 17.6 Å². The molecule has 27 heavy (non-hydrogen) atoms. The number of aliphatic hydroxyl groups excluding tert-OH is 1. The van der Waals surface area contributed by atoms with Crippen molar-refractivity contribution in [1.82, 2.24) is 4.98 Å². The second-order valence-corrected chi connectivity index (χ2v) is 5.87. The van der Waals surface area contributed by atoms with E-state index in [1.54, 1.807) is 13.0 Å². The van der Waals surface area contributed by atoms with Crippen LogP contribution in [0.4, 0.5) is 5.69 Å². The van der Waals surface area contributed by atoms with Gasteiger partial charge in [-0.2, -0.15) is 0 Å². The van der Waals surface area contributed by atoms with E-state index in [0.29, 0.717) is 17.0 Å². The number of hydrogen-bond donors (Lipinski definition) is 1. The molecule has 1 aromatic heterocycles. The van der Waals surface area contributed by atoms with Crippen LogP contribution in [-0.2, 0) is 16.1 Å². The van der Waals surface area contributed by atoms with E-state index in [2.05, 4.69) is 4.98 Å². The lowest BCUT2D eigenvalue weighted by Crippen LogP contribution is -2.15. The maximum Gasteiger partial charge on any atom is 0.341 e. The summed E-state index contributed by atoms with van der Waals surface area (Å²) in [5.41, 5.74) is 1.19. The van der Waals surface area contributed by atoms with Gasteiger partial charge in [0.05, 0.1) is 34.0 Å². The Morgan fingerprint density at radius 2 is 2.19 bits per heavy atom. The highest BCUT2D eigenvalue weighted by atomic mass is 16.6. The number of esters is 2. The molecular formula is C18H16N2O7. The van der Waals surface area contributed by atoms with Crippen LogP contribution in [0.5, 0.6) is 0 Å². The minimum atomic E-state index is -0.725. The van der Waals surface area contributed by atoms with Crippen molar-refractivity contribution < 1.29 is 29.1 Å². The van der Waals surface area contributed by atoms with Gasteiger partial charge >= 0.3 is 11.9 Å². The number of non-ortho nitro benzene ring substituents is 1. The summed E-state index contributed by atoms with van der Waals surface area (Å²) in [5.74, 6) is -1.37. The summed E-state index contributed by atoms with van der Waals surface area (Å²) in [6.07, 6.45) is 0.261. The zero-order valence-corrected chi connectivity index (χ0v) is 14.4. The van der Waals surface area contributed by atoms with Crippen LogP contribution in [0.25, 0.3) is 11.1 Å². The quantitative estimate of drug-likeness (QED) is 0.353. The molecule has 0 fully saturated rings. The topological polar surface area (TPSA) is 129 Å². The lowest BCUT2D eigenvalue weighted by atomic mass is 9.92. The van der Waals surface area contributed by atoms with Crippen molar-refractivity contribution in [1.29, 1.82) is 0 Å². The lowest BCUT2D eigenvalue weighted by Gasteiger charge is -2.14. The molecule has 0 aliphatic carbocycles. The molecule has 0 saturated heterocycles. The van der Waals surface area contributed by atoms with Crippen LogP contribution < -0.4 is 0 Å². The van der Waals surface area contributed by atoms with Gasteiger partial charge < -0.3 is 14.6 Å². The molecule has 9 heteroatoms. The van der Waals surface area contributed by atoms with E-state index in [1.165, 1.54) is 18.2 Å². The van der Waals surface area contributed by atoms with Crippen molar-refractivity contribution in [2.24, 2.45) is 0 Å². The van der Waals surface area contributed by atoms with Crippen molar-refractivity contribution in [3.05, 3.63) is 56.9 Å². The molecule has 0 radical (unpaired) electrons. The van der Waals surface area contributed by atoms with Crippen LogP contribution in [0.15, 0.2) is 24.3 Å². The predicted molar refractivity (Wildman–Crippen MR) is 92.2 cm³/mol. The van der Waals surface area contributed by atoms with E-state index < -0.39 is 16.9 Å². The second-order valence-electron chi connectivity index (χ2n) is 5.87. The first-order valence-electron chi connectivity index (χ1n) is 8.17. The number of ether oxygens (including phenoxy) is 2. The van der Waals surface area contributed by atoms with Crippen molar-refractivity contribution in [2.45, 2.75) is 20.0 Å². The Balaban J connectivity index is 2.21. The smallest absolute Gasteiger partial charge is 0.341 e. The van der Waals surface area contributed by atoms with E-state index in [4.69, 9.17) is 14.6 Å². The molecule has 1 aliphatic heterocycles. The number of aromatic nitrogens is 1. The molecule has 0 atom stereocenters. The first-order chi connectivity index (χ1) is 12.9. The number of pyridine rings is 1. The maximum absolute atomic E-state index is 12.6. The number of carbonyl (C=O) groups is 2. The molecule has 0 saturated carbocycles.